The van der Waals surface area contributed by atoms with E-state index in [4.69, 9.17) is 4.74 Å². The molecule has 3 rings (SSSR count). The average Bonchev–Trinajstić information content (AvgIpc) is 2.76. The lowest BCUT2D eigenvalue weighted by Gasteiger charge is -2.36. The van der Waals surface area contributed by atoms with Crippen molar-refractivity contribution in [3.63, 3.8) is 0 Å². The zero-order valence-electron chi connectivity index (χ0n) is 11.9. The molecule has 104 valence electrons. The first-order valence-electron chi connectivity index (χ1n) is 7.39. The Morgan fingerprint density at radius 1 is 1.37 bits per heavy atom. The first kappa shape index (κ1) is 12.9. The summed E-state index contributed by atoms with van der Waals surface area (Å²) in [5.41, 5.74) is 2.92. The summed E-state index contributed by atoms with van der Waals surface area (Å²) in [6, 6.07) is 10.0. The molecular weight excluding hydrogens is 236 g/mol. The summed E-state index contributed by atoms with van der Waals surface area (Å²) < 4.78 is 5.68. The Bertz CT molecular complexity index is 435. The van der Waals surface area contributed by atoms with Crippen LogP contribution in [0.4, 0.5) is 5.69 Å². The van der Waals surface area contributed by atoms with Crippen molar-refractivity contribution >= 4 is 5.69 Å². The van der Waals surface area contributed by atoms with Crippen LogP contribution < -0.4 is 10.2 Å². The van der Waals surface area contributed by atoms with E-state index in [1.165, 1.54) is 17.7 Å². The van der Waals surface area contributed by atoms with Crippen LogP contribution in [0.1, 0.15) is 18.9 Å². The van der Waals surface area contributed by atoms with E-state index < -0.39 is 0 Å². The van der Waals surface area contributed by atoms with Gasteiger partial charge in [0.2, 0.25) is 0 Å². The number of ether oxygens (including phenoxy) is 1. The number of nitrogens with zero attached hydrogens (tertiary/aromatic N) is 1. The summed E-state index contributed by atoms with van der Waals surface area (Å²) in [5, 5.41) is 3.46. The number of nitrogens with one attached hydrogen (secondary N) is 1. The molecule has 1 fully saturated rings. The molecule has 2 aliphatic rings. The van der Waals surface area contributed by atoms with E-state index in [1.54, 1.807) is 0 Å². The van der Waals surface area contributed by atoms with Crippen molar-refractivity contribution in [3.8, 4) is 0 Å². The Kier molecular flexibility index (Phi) is 3.76. The number of fused-ring (bicyclic) bond motifs is 1. The smallest absolute Gasteiger partial charge is 0.0526 e. The predicted molar refractivity (Wildman–Crippen MR) is 78.7 cm³/mol. The highest BCUT2D eigenvalue weighted by molar-refractivity contribution is 5.59. The lowest BCUT2D eigenvalue weighted by atomic mass is 9.95. The fraction of sp³-hybridized carbons (Fsp3) is 0.625. The van der Waals surface area contributed by atoms with Gasteiger partial charge < -0.3 is 15.0 Å². The molecular formula is C16H24N2O. The fourth-order valence-corrected chi connectivity index (χ4v) is 3.52. The third-order valence-electron chi connectivity index (χ3n) is 4.62. The van der Waals surface area contributed by atoms with Crippen molar-refractivity contribution in [2.45, 2.75) is 31.8 Å². The second-order valence-corrected chi connectivity index (χ2v) is 5.85. The van der Waals surface area contributed by atoms with E-state index >= 15 is 0 Å². The molecule has 0 bridgehead atoms. The zero-order chi connectivity index (χ0) is 13.2. The van der Waals surface area contributed by atoms with Gasteiger partial charge in [-0.2, -0.15) is 0 Å². The Morgan fingerprint density at radius 2 is 2.21 bits per heavy atom. The minimum atomic E-state index is 0.590. The van der Waals surface area contributed by atoms with Crippen LogP contribution in [0.2, 0.25) is 0 Å². The molecule has 2 aliphatic heterocycles. The second-order valence-electron chi connectivity index (χ2n) is 5.85. The van der Waals surface area contributed by atoms with E-state index in [9.17, 15) is 0 Å². The van der Waals surface area contributed by atoms with E-state index in [-0.39, 0.29) is 0 Å². The third kappa shape index (κ3) is 2.49. The van der Waals surface area contributed by atoms with Crippen LogP contribution >= 0.6 is 0 Å². The largest absolute Gasteiger partial charge is 0.381 e. The lowest BCUT2D eigenvalue weighted by molar-refractivity contribution is 0.0363. The van der Waals surface area contributed by atoms with E-state index in [1.807, 2.05) is 0 Å². The van der Waals surface area contributed by atoms with E-state index in [0.717, 1.165) is 26.2 Å². The molecule has 1 aromatic rings. The van der Waals surface area contributed by atoms with Gasteiger partial charge >= 0.3 is 0 Å². The standard InChI is InChI=1S/C16H24N2O/c1-12-9-13-5-3-4-6-16(13)18(12)10-14-11-19-8-7-15(14)17-2/h3-6,12,14-15,17H,7-11H2,1-2H3. The van der Waals surface area contributed by atoms with Crippen molar-refractivity contribution in [1.29, 1.82) is 0 Å². The molecule has 19 heavy (non-hydrogen) atoms. The molecule has 3 unspecified atom stereocenters. The quantitative estimate of drug-likeness (QED) is 0.900. The van der Waals surface area contributed by atoms with Gasteiger partial charge in [0, 0.05) is 36.8 Å². The van der Waals surface area contributed by atoms with Gasteiger partial charge in [0.15, 0.2) is 0 Å². The maximum absolute atomic E-state index is 5.68. The number of rotatable bonds is 3. The van der Waals surface area contributed by atoms with Crippen LogP contribution in [0, 0.1) is 5.92 Å². The van der Waals surface area contributed by atoms with Crippen LogP contribution in [0.5, 0.6) is 0 Å². The highest BCUT2D eigenvalue weighted by atomic mass is 16.5. The fourth-order valence-electron chi connectivity index (χ4n) is 3.52. The molecule has 3 nitrogen and oxygen atoms in total. The van der Waals surface area contributed by atoms with Gasteiger partial charge in [-0.25, -0.2) is 0 Å². The van der Waals surface area contributed by atoms with Crippen LogP contribution in [-0.2, 0) is 11.2 Å². The van der Waals surface area contributed by atoms with Crippen molar-refractivity contribution < 1.29 is 4.74 Å². The number of hydrogen-bond donors (Lipinski definition) is 1. The Hall–Kier alpha value is -1.06. The van der Waals surface area contributed by atoms with Crippen LogP contribution in [0.15, 0.2) is 24.3 Å². The lowest BCUT2D eigenvalue weighted by Crippen LogP contribution is -2.47. The predicted octanol–water partition coefficient (Wildman–Crippen LogP) is 2.06. The topological polar surface area (TPSA) is 24.5 Å². The second kappa shape index (κ2) is 5.51. The Labute approximate surface area is 115 Å². The highest BCUT2D eigenvalue weighted by Gasteiger charge is 2.31. The molecule has 0 spiro atoms. The summed E-state index contributed by atoms with van der Waals surface area (Å²) in [6.07, 6.45) is 2.30. The number of para-hydroxylation sites is 1. The molecule has 3 heteroatoms. The van der Waals surface area contributed by atoms with Crippen LogP contribution in [-0.4, -0.2) is 38.9 Å². The van der Waals surface area contributed by atoms with Gasteiger partial charge in [-0.05, 0) is 38.4 Å². The number of anilines is 1. The van der Waals surface area contributed by atoms with Gasteiger partial charge in [-0.15, -0.1) is 0 Å². The molecule has 0 saturated carbocycles. The molecule has 0 aliphatic carbocycles. The SMILES string of the molecule is CNC1CCOCC1CN1c2ccccc2CC1C. The number of benzene rings is 1. The first-order valence-corrected chi connectivity index (χ1v) is 7.39. The van der Waals surface area contributed by atoms with Crippen molar-refractivity contribution in [1.82, 2.24) is 5.32 Å². The highest BCUT2D eigenvalue weighted by Crippen LogP contribution is 2.33. The average molecular weight is 260 g/mol. The minimum Gasteiger partial charge on any atom is -0.381 e. The van der Waals surface area contributed by atoms with Crippen LogP contribution in [0.25, 0.3) is 0 Å². The van der Waals surface area contributed by atoms with Gasteiger partial charge in [0.1, 0.15) is 0 Å². The molecule has 3 atom stereocenters. The van der Waals surface area contributed by atoms with Crippen molar-refractivity contribution in [3.05, 3.63) is 29.8 Å². The van der Waals surface area contributed by atoms with Gasteiger partial charge in [-0.3, -0.25) is 0 Å². The van der Waals surface area contributed by atoms with Crippen LogP contribution in [0.3, 0.4) is 0 Å². The monoisotopic (exact) mass is 260 g/mol. The molecule has 0 radical (unpaired) electrons. The van der Waals surface area contributed by atoms with E-state index in [2.05, 4.69) is 48.5 Å². The minimum absolute atomic E-state index is 0.590. The normalized spacial score (nSPS) is 30.4. The van der Waals surface area contributed by atoms with E-state index in [0.29, 0.717) is 18.0 Å². The summed E-state index contributed by atoms with van der Waals surface area (Å²) in [6.45, 7) is 5.22. The summed E-state index contributed by atoms with van der Waals surface area (Å²) in [7, 11) is 2.07. The molecule has 1 aromatic carbocycles. The third-order valence-corrected chi connectivity index (χ3v) is 4.62. The molecule has 0 amide bonds. The molecule has 0 aromatic heterocycles. The van der Waals surface area contributed by atoms with Crippen molar-refractivity contribution in [2.75, 3.05) is 31.7 Å². The van der Waals surface area contributed by atoms with Gasteiger partial charge in [-0.1, -0.05) is 18.2 Å². The van der Waals surface area contributed by atoms with Crippen molar-refractivity contribution in [2.24, 2.45) is 5.92 Å². The Balaban J connectivity index is 1.75. The summed E-state index contributed by atoms with van der Waals surface area (Å²) >= 11 is 0. The summed E-state index contributed by atoms with van der Waals surface area (Å²) in [4.78, 5) is 2.57. The zero-order valence-corrected chi connectivity index (χ0v) is 11.9. The maximum Gasteiger partial charge on any atom is 0.0526 e. The summed E-state index contributed by atoms with van der Waals surface area (Å²) in [5.74, 6) is 0.590. The van der Waals surface area contributed by atoms with Gasteiger partial charge in [0.05, 0.1) is 6.61 Å². The molecule has 2 heterocycles. The molecule has 1 saturated heterocycles. The first-order chi connectivity index (χ1) is 9.29. The Morgan fingerprint density at radius 3 is 3.05 bits per heavy atom. The van der Waals surface area contributed by atoms with Gasteiger partial charge in [0.25, 0.3) is 0 Å². The maximum atomic E-state index is 5.68. The number of hydrogen-bond acceptors (Lipinski definition) is 3. The molecule has 1 N–H and O–H groups in total.